The minimum absolute atomic E-state index is 0.189. The molecule has 2 aliphatic rings. The number of piperidine rings is 1. The van der Waals surface area contributed by atoms with Crippen molar-refractivity contribution in [3.05, 3.63) is 56.0 Å². The monoisotopic (exact) mass is 405 g/mol. The van der Waals surface area contributed by atoms with Gasteiger partial charge in [0, 0.05) is 14.4 Å². The van der Waals surface area contributed by atoms with Crippen LogP contribution in [0.1, 0.15) is 29.5 Å². The predicted molar refractivity (Wildman–Crippen MR) is 94.9 cm³/mol. The van der Waals surface area contributed by atoms with Crippen LogP contribution in [0.3, 0.4) is 0 Å². The summed E-state index contributed by atoms with van der Waals surface area (Å²) in [5.41, 5.74) is 7.48. The van der Waals surface area contributed by atoms with Gasteiger partial charge in [0.2, 0.25) is 0 Å². The Hall–Kier alpha value is -0.640. The van der Waals surface area contributed by atoms with Crippen LogP contribution < -0.4 is 5.32 Å². The summed E-state index contributed by atoms with van der Waals surface area (Å²) in [6, 6.07) is 11.4. The molecule has 0 amide bonds. The Morgan fingerprint density at radius 1 is 0.952 bits per heavy atom. The van der Waals surface area contributed by atoms with E-state index in [-0.39, 0.29) is 5.41 Å². The van der Waals surface area contributed by atoms with Gasteiger partial charge in [0.1, 0.15) is 0 Å². The molecule has 1 N–H and O–H groups in total. The van der Waals surface area contributed by atoms with E-state index in [1.54, 1.807) is 0 Å². The molecule has 4 rings (SSSR count). The van der Waals surface area contributed by atoms with Gasteiger partial charge < -0.3 is 5.32 Å². The van der Waals surface area contributed by atoms with Crippen LogP contribution >= 0.6 is 31.9 Å². The highest BCUT2D eigenvalue weighted by atomic mass is 79.9. The van der Waals surface area contributed by atoms with Crippen LogP contribution in [0, 0.1) is 6.92 Å². The summed E-state index contributed by atoms with van der Waals surface area (Å²) >= 11 is 7.37. The minimum Gasteiger partial charge on any atom is -0.317 e. The first kappa shape index (κ1) is 14.0. The second kappa shape index (κ2) is 4.94. The normalized spacial score (nSPS) is 18.6. The lowest BCUT2D eigenvalue weighted by molar-refractivity contribution is 0.369. The van der Waals surface area contributed by atoms with Gasteiger partial charge in [-0.1, -0.05) is 37.9 Å². The van der Waals surface area contributed by atoms with Crippen LogP contribution in [0.25, 0.3) is 11.1 Å². The maximum Gasteiger partial charge on any atom is 0.0240 e. The van der Waals surface area contributed by atoms with Crippen LogP contribution in [-0.2, 0) is 5.41 Å². The Morgan fingerprint density at radius 2 is 1.67 bits per heavy atom. The zero-order valence-electron chi connectivity index (χ0n) is 12.0. The van der Waals surface area contributed by atoms with E-state index in [9.17, 15) is 0 Å². The summed E-state index contributed by atoms with van der Waals surface area (Å²) in [7, 11) is 0. The number of fused-ring (bicyclic) bond motifs is 5. The second-order valence-corrected chi connectivity index (χ2v) is 8.00. The van der Waals surface area contributed by atoms with E-state index in [2.05, 4.69) is 74.4 Å². The van der Waals surface area contributed by atoms with Crippen molar-refractivity contribution in [2.24, 2.45) is 0 Å². The maximum absolute atomic E-state index is 3.70. The number of halogens is 2. The molecule has 1 spiro atoms. The van der Waals surface area contributed by atoms with Crippen molar-refractivity contribution in [1.29, 1.82) is 0 Å². The summed E-state index contributed by atoms with van der Waals surface area (Å²) in [5, 5.41) is 3.52. The molecule has 0 aromatic heterocycles. The number of nitrogens with one attached hydrogen (secondary N) is 1. The van der Waals surface area contributed by atoms with Crippen LogP contribution in [0.5, 0.6) is 0 Å². The van der Waals surface area contributed by atoms with Crippen molar-refractivity contribution >= 4 is 31.9 Å². The van der Waals surface area contributed by atoms with Crippen LogP contribution in [0.15, 0.2) is 39.3 Å². The van der Waals surface area contributed by atoms with Gasteiger partial charge in [-0.25, -0.2) is 0 Å². The molecule has 1 nitrogen and oxygen atoms in total. The Kier molecular flexibility index (Phi) is 3.29. The average Bonchev–Trinajstić information content (AvgIpc) is 2.71. The molecule has 0 bridgehead atoms. The summed E-state index contributed by atoms with van der Waals surface area (Å²) in [4.78, 5) is 0. The standard InChI is InChI=1S/C18H17Br2N/c1-11-8-13(20)10-16-17(11)14-3-2-12(19)9-15(14)18(16)4-6-21-7-5-18/h2-3,8-10,21H,4-7H2,1H3. The first-order valence-corrected chi connectivity index (χ1v) is 9.02. The highest BCUT2D eigenvalue weighted by Gasteiger charge is 2.44. The van der Waals surface area contributed by atoms with E-state index in [1.807, 2.05) is 0 Å². The summed E-state index contributed by atoms with van der Waals surface area (Å²) in [6.45, 7) is 4.42. The number of benzene rings is 2. The Bertz CT molecular complexity index is 730. The molecule has 21 heavy (non-hydrogen) atoms. The molecule has 1 aliphatic heterocycles. The van der Waals surface area contributed by atoms with Crippen molar-refractivity contribution in [2.45, 2.75) is 25.2 Å². The van der Waals surface area contributed by atoms with Crippen molar-refractivity contribution in [1.82, 2.24) is 5.32 Å². The molecule has 0 atom stereocenters. The zero-order chi connectivity index (χ0) is 14.6. The first-order chi connectivity index (χ1) is 10.1. The largest absolute Gasteiger partial charge is 0.317 e. The van der Waals surface area contributed by atoms with E-state index in [0.29, 0.717) is 0 Å². The fourth-order valence-corrected chi connectivity index (χ4v) is 5.08. The smallest absolute Gasteiger partial charge is 0.0240 e. The van der Waals surface area contributed by atoms with Crippen molar-refractivity contribution < 1.29 is 0 Å². The summed E-state index contributed by atoms with van der Waals surface area (Å²) in [6.07, 6.45) is 2.36. The number of hydrogen-bond donors (Lipinski definition) is 1. The summed E-state index contributed by atoms with van der Waals surface area (Å²) in [5.74, 6) is 0. The lowest BCUT2D eigenvalue weighted by atomic mass is 9.71. The van der Waals surface area contributed by atoms with Gasteiger partial charge >= 0.3 is 0 Å². The fourth-order valence-electron chi connectivity index (χ4n) is 4.15. The molecule has 3 heteroatoms. The lowest BCUT2D eigenvalue weighted by Crippen LogP contribution is -2.39. The fraction of sp³-hybridized carbons (Fsp3) is 0.333. The molecular weight excluding hydrogens is 390 g/mol. The first-order valence-electron chi connectivity index (χ1n) is 7.43. The van der Waals surface area contributed by atoms with Gasteiger partial charge in [0.25, 0.3) is 0 Å². The molecule has 0 unspecified atom stereocenters. The SMILES string of the molecule is Cc1cc(Br)cc2c1-c1ccc(Br)cc1C21CCNCC1. The highest BCUT2D eigenvalue weighted by Crippen LogP contribution is 2.55. The molecule has 2 aromatic carbocycles. The molecule has 0 saturated carbocycles. The quantitative estimate of drug-likeness (QED) is 0.636. The van der Waals surface area contributed by atoms with Crippen LogP contribution in [-0.4, -0.2) is 13.1 Å². The van der Waals surface area contributed by atoms with Crippen molar-refractivity contribution in [3.8, 4) is 11.1 Å². The van der Waals surface area contributed by atoms with Gasteiger partial charge in [-0.2, -0.15) is 0 Å². The molecule has 1 heterocycles. The van der Waals surface area contributed by atoms with Crippen LogP contribution in [0.2, 0.25) is 0 Å². The number of rotatable bonds is 0. The van der Waals surface area contributed by atoms with Gasteiger partial charge in [-0.05, 0) is 84.9 Å². The molecule has 1 saturated heterocycles. The van der Waals surface area contributed by atoms with E-state index in [0.717, 1.165) is 13.1 Å². The third-order valence-electron chi connectivity index (χ3n) is 5.04. The van der Waals surface area contributed by atoms with Crippen molar-refractivity contribution in [3.63, 3.8) is 0 Å². The highest BCUT2D eigenvalue weighted by molar-refractivity contribution is 9.10. The molecule has 2 aromatic rings. The predicted octanol–water partition coefficient (Wildman–Crippen LogP) is 5.17. The Labute approximate surface area is 142 Å². The molecule has 1 aliphatic carbocycles. The minimum atomic E-state index is 0.189. The van der Waals surface area contributed by atoms with Gasteiger partial charge in [0.05, 0.1) is 0 Å². The average molecular weight is 407 g/mol. The second-order valence-electron chi connectivity index (χ2n) is 6.17. The van der Waals surface area contributed by atoms with E-state index in [4.69, 9.17) is 0 Å². The van der Waals surface area contributed by atoms with Gasteiger partial charge in [-0.15, -0.1) is 0 Å². The van der Waals surface area contributed by atoms with Crippen molar-refractivity contribution in [2.75, 3.05) is 13.1 Å². The maximum atomic E-state index is 3.70. The Balaban J connectivity index is 2.07. The van der Waals surface area contributed by atoms with E-state index in [1.165, 1.54) is 49.6 Å². The Morgan fingerprint density at radius 3 is 2.43 bits per heavy atom. The molecule has 1 fully saturated rings. The van der Waals surface area contributed by atoms with Gasteiger partial charge in [-0.3, -0.25) is 0 Å². The molecule has 0 radical (unpaired) electrons. The van der Waals surface area contributed by atoms with Crippen LogP contribution in [0.4, 0.5) is 0 Å². The van der Waals surface area contributed by atoms with E-state index < -0.39 is 0 Å². The summed E-state index contributed by atoms with van der Waals surface area (Å²) < 4.78 is 2.38. The third kappa shape index (κ3) is 1.97. The molecule has 108 valence electrons. The lowest BCUT2D eigenvalue weighted by Gasteiger charge is -2.36. The van der Waals surface area contributed by atoms with Gasteiger partial charge in [0.15, 0.2) is 0 Å². The topological polar surface area (TPSA) is 12.0 Å². The van der Waals surface area contributed by atoms with E-state index >= 15 is 0 Å². The number of aryl methyl sites for hydroxylation is 1. The molecular formula is C18H17Br2N. The third-order valence-corrected chi connectivity index (χ3v) is 5.99. The zero-order valence-corrected chi connectivity index (χ0v) is 15.1. The number of hydrogen-bond acceptors (Lipinski definition) is 1.